The largest absolute Gasteiger partial charge is 0.379 e. The SMILES string of the molecule is CN(CCN1CCCC1)C[C@@]1(O)CCCN(Cc2ccccc2F)C1=O. The lowest BCUT2D eigenvalue weighted by molar-refractivity contribution is -0.159. The van der Waals surface area contributed by atoms with E-state index in [4.69, 9.17) is 0 Å². The fraction of sp³-hybridized carbons (Fsp3) is 0.650. The van der Waals surface area contributed by atoms with E-state index in [2.05, 4.69) is 4.90 Å². The minimum atomic E-state index is -1.37. The van der Waals surface area contributed by atoms with Crippen LogP contribution in [0.3, 0.4) is 0 Å². The van der Waals surface area contributed by atoms with Crippen LogP contribution in [-0.2, 0) is 11.3 Å². The highest BCUT2D eigenvalue weighted by Gasteiger charge is 2.42. The highest BCUT2D eigenvalue weighted by atomic mass is 19.1. The number of aliphatic hydroxyl groups is 1. The van der Waals surface area contributed by atoms with Gasteiger partial charge in [-0.2, -0.15) is 0 Å². The van der Waals surface area contributed by atoms with Crippen LogP contribution in [0.2, 0.25) is 0 Å². The Bertz CT molecular complexity index is 621. The maximum absolute atomic E-state index is 13.9. The van der Waals surface area contributed by atoms with Crippen LogP contribution in [0.25, 0.3) is 0 Å². The van der Waals surface area contributed by atoms with Gasteiger partial charge in [-0.3, -0.25) is 4.79 Å². The summed E-state index contributed by atoms with van der Waals surface area (Å²) in [7, 11) is 1.96. The molecule has 0 aliphatic carbocycles. The summed E-state index contributed by atoms with van der Waals surface area (Å²) in [5, 5.41) is 11.0. The number of likely N-dealkylation sites (tertiary alicyclic amines) is 2. The minimum absolute atomic E-state index is 0.214. The van der Waals surface area contributed by atoms with Gasteiger partial charge in [-0.25, -0.2) is 4.39 Å². The molecule has 1 atom stereocenters. The molecular formula is C20H30FN3O2. The molecule has 1 aromatic rings. The van der Waals surface area contributed by atoms with Crippen molar-refractivity contribution in [2.75, 3.05) is 46.3 Å². The van der Waals surface area contributed by atoms with Crippen molar-refractivity contribution in [1.29, 1.82) is 0 Å². The van der Waals surface area contributed by atoms with E-state index in [-0.39, 0.29) is 18.3 Å². The van der Waals surface area contributed by atoms with E-state index in [0.29, 0.717) is 25.1 Å². The summed E-state index contributed by atoms with van der Waals surface area (Å²) in [6.45, 7) is 5.20. The molecule has 3 rings (SSSR count). The summed E-state index contributed by atoms with van der Waals surface area (Å²) in [6, 6.07) is 6.51. The molecule has 1 amide bonds. The quantitative estimate of drug-likeness (QED) is 0.801. The molecule has 2 heterocycles. The van der Waals surface area contributed by atoms with Gasteiger partial charge in [-0.1, -0.05) is 18.2 Å². The predicted octanol–water partition coefficient (Wildman–Crippen LogP) is 1.71. The molecule has 2 aliphatic heterocycles. The molecule has 0 bridgehead atoms. The van der Waals surface area contributed by atoms with Gasteiger partial charge in [0, 0.05) is 38.3 Å². The van der Waals surface area contributed by atoms with Crippen LogP contribution in [0, 0.1) is 5.82 Å². The summed E-state index contributed by atoms with van der Waals surface area (Å²) in [5.41, 5.74) is -0.879. The number of carbonyl (C=O) groups is 1. The molecule has 0 radical (unpaired) electrons. The molecule has 2 saturated heterocycles. The molecule has 0 saturated carbocycles. The Morgan fingerprint density at radius 3 is 2.65 bits per heavy atom. The summed E-state index contributed by atoms with van der Waals surface area (Å²) >= 11 is 0. The maximum Gasteiger partial charge on any atom is 0.256 e. The summed E-state index contributed by atoms with van der Waals surface area (Å²) in [6.07, 6.45) is 3.72. The highest BCUT2D eigenvalue weighted by molar-refractivity contribution is 5.86. The third kappa shape index (κ3) is 4.61. The first-order valence-electron chi connectivity index (χ1n) is 9.64. The van der Waals surface area contributed by atoms with Crippen molar-refractivity contribution in [3.05, 3.63) is 35.6 Å². The van der Waals surface area contributed by atoms with E-state index >= 15 is 0 Å². The van der Waals surface area contributed by atoms with Gasteiger partial charge in [0.15, 0.2) is 5.60 Å². The lowest BCUT2D eigenvalue weighted by Crippen LogP contribution is -2.58. The first kappa shape index (κ1) is 19.3. The van der Waals surface area contributed by atoms with Gasteiger partial charge >= 0.3 is 0 Å². The van der Waals surface area contributed by atoms with Gasteiger partial charge in [0.1, 0.15) is 5.82 Å². The molecule has 26 heavy (non-hydrogen) atoms. The number of hydrogen-bond acceptors (Lipinski definition) is 4. The average Bonchev–Trinajstić information content (AvgIpc) is 3.13. The van der Waals surface area contributed by atoms with Gasteiger partial charge in [0.05, 0.1) is 0 Å². The first-order chi connectivity index (χ1) is 12.5. The molecule has 1 aromatic carbocycles. The lowest BCUT2D eigenvalue weighted by Gasteiger charge is -2.40. The fourth-order valence-electron chi connectivity index (χ4n) is 4.04. The van der Waals surface area contributed by atoms with E-state index in [1.807, 2.05) is 11.9 Å². The smallest absolute Gasteiger partial charge is 0.256 e. The standard InChI is InChI=1S/C20H30FN3O2/c1-22(13-14-23-10-4-5-11-23)16-20(26)9-6-12-24(19(20)25)15-17-7-2-3-8-18(17)21/h2-3,7-8,26H,4-6,9-16H2,1H3/t20-/m0/s1. The predicted molar refractivity (Wildman–Crippen MR) is 99.2 cm³/mol. The molecule has 0 unspecified atom stereocenters. The van der Waals surface area contributed by atoms with Crippen molar-refractivity contribution in [3.8, 4) is 0 Å². The number of rotatable bonds is 7. The zero-order valence-electron chi connectivity index (χ0n) is 15.7. The highest BCUT2D eigenvalue weighted by Crippen LogP contribution is 2.25. The summed E-state index contributed by atoms with van der Waals surface area (Å²) in [5.74, 6) is -0.586. The van der Waals surface area contributed by atoms with E-state index < -0.39 is 5.60 Å². The Kier molecular flexibility index (Phi) is 6.27. The van der Waals surface area contributed by atoms with Crippen LogP contribution in [-0.4, -0.2) is 77.6 Å². The fourth-order valence-corrected chi connectivity index (χ4v) is 4.04. The molecule has 0 spiro atoms. The zero-order valence-corrected chi connectivity index (χ0v) is 15.7. The molecule has 1 N–H and O–H groups in total. The lowest BCUT2D eigenvalue weighted by atomic mass is 9.90. The van der Waals surface area contributed by atoms with Crippen LogP contribution >= 0.6 is 0 Å². The second-order valence-corrected chi connectivity index (χ2v) is 7.74. The Labute approximate surface area is 155 Å². The Balaban J connectivity index is 1.57. The third-order valence-electron chi connectivity index (χ3n) is 5.55. The monoisotopic (exact) mass is 363 g/mol. The van der Waals surface area contributed by atoms with E-state index in [1.54, 1.807) is 23.1 Å². The molecular weight excluding hydrogens is 333 g/mol. The molecule has 2 fully saturated rings. The van der Waals surface area contributed by atoms with Crippen molar-refractivity contribution < 1.29 is 14.3 Å². The van der Waals surface area contributed by atoms with Crippen LogP contribution in [0.5, 0.6) is 0 Å². The van der Waals surface area contributed by atoms with Crippen molar-refractivity contribution in [2.24, 2.45) is 0 Å². The van der Waals surface area contributed by atoms with Crippen LogP contribution in [0.1, 0.15) is 31.2 Å². The number of benzene rings is 1. The average molecular weight is 363 g/mol. The van der Waals surface area contributed by atoms with E-state index in [9.17, 15) is 14.3 Å². The topological polar surface area (TPSA) is 47.0 Å². The number of nitrogens with zero attached hydrogens (tertiary/aromatic N) is 3. The Morgan fingerprint density at radius 1 is 1.19 bits per heavy atom. The van der Waals surface area contributed by atoms with Crippen LogP contribution < -0.4 is 0 Å². The number of halogens is 1. The number of amides is 1. The first-order valence-corrected chi connectivity index (χ1v) is 9.64. The second-order valence-electron chi connectivity index (χ2n) is 7.74. The summed E-state index contributed by atoms with van der Waals surface area (Å²) in [4.78, 5) is 18.9. The zero-order chi connectivity index (χ0) is 18.6. The van der Waals surface area contributed by atoms with E-state index in [0.717, 1.165) is 32.6 Å². The molecule has 144 valence electrons. The van der Waals surface area contributed by atoms with Crippen LogP contribution in [0.15, 0.2) is 24.3 Å². The Hall–Kier alpha value is -1.50. The molecule has 6 heteroatoms. The van der Waals surface area contributed by atoms with Crippen molar-refractivity contribution in [2.45, 2.75) is 37.8 Å². The van der Waals surface area contributed by atoms with Gasteiger partial charge < -0.3 is 19.8 Å². The van der Waals surface area contributed by atoms with E-state index in [1.165, 1.54) is 18.9 Å². The summed E-state index contributed by atoms with van der Waals surface area (Å²) < 4.78 is 13.9. The number of carbonyl (C=O) groups excluding carboxylic acids is 1. The van der Waals surface area contributed by atoms with Gasteiger partial charge in [-0.05, 0) is 51.9 Å². The molecule has 5 nitrogen and oxygen atoms in total. The number of likely N-dealkylation sites (N-methyl/N-ethyl adjacent to an activating group) is 1. The van der Waals surface area contributed by atoms with Crippen molar-refractivity contribution in [3.63, 3.8) is 0 Å². The Morgan fingerprint density at radius 2 is 1.92 bits per heavy atom. The van der Waals surface area contributed by atoms with Gasteiger partial charge in [0.2, 0.25) is 0 Å². The van der Waals surface area contributed by atoms with Gasteiger partial charge in [0.25, 0.3) is 5.91 Å². The normalized spacial score (nSPS) is 24.6. The van der Waals surface area contributed by atoms with Crippen LogP contribution in [0.4, 0.5) is 4.39 Å². The molecule has 0 aromatic heterocycles. The minimum Gasteiger partial charge on any atom is -0.379 e. The maximum atomic E-state index is 13.9. The second kappa shape index (κ2) is 8.46. The van der Waals surface area contributed by atoms with Crippen molar-refractivity contribution in [1.82, 2.24) is 14.7 Å². The number of piperidine rings is 1. The number of hydrogen-bond donors (Lipinski definition) is 1. The van der Waals surface area contributed by atoms with Crippen molar-refractivity contribution >= 4 is 5.91 Å². The molecule has 2 aliphatic rings. The third-order valence-corrected chi connectivity index (χ3v) is 5.55. The van der Waals surface area contributed by atoms with Gasteiger partial charge in [-0.15, -0.1) is 0 Å².